The number of benzene rings is 3. The van der Waals surface area contributed by atoms with Crippen LogP contribution >= 0.6 is 7.77 Å². The lowest BCUT2D eigenvalue weighted by molar-refractivity contribution is 0.578. The van der Waals surface area contributed by atoms with Crippen LogP contribution in [0, 0.1) is 0 Å². The van der Waals surface area contributed by atoms with Gasteiger partial charge in [-0.15, -0.1) is 0 Å². The Bertz CT molecular complexity index is 1950. The minimum atomic E-state index is -1.40. The van der Waals surface area contributed by atoms with E-state index in [2.05, 4.69) is 106 Å². The predicted molar refractivity (Wildman–Crippen MR) is 157 cm³/mol. The SMILES string of the molecule is C1=C2C(=c3ccccc3=C3c4ccccc4-c4cc(-c5cccnc5)ccc4N23)O[PH](c2cccnc2)=C1. The van der Waals surface area contributed by atoms with Gasteiger partial charge in [-0.05, 0) is 53.3 Å². The lowest BCUT2D eigenvalue weighted by atomic mass is 9.86. The summed E-state index contributed by atoms with van der Waals surface area (Å²) >= 11 is 0. The largest absolute Gasteiger partial charge is 0.473 e. The molecule has 5 heteroatoms. The molecule has 5 heterocycles. The molecular formula is C33H22N3OP. The van der Waals surface area contributed by atoms with Crippen molar-refractivity contribution in [2.24, 2.45) is 0 Å². The molecule has 0 radical (unpaired) electrons. The maximum Gasteiger partial charge on any atom is 0.155 e. The van der Waals surface area contributed by atoms with E-state index in [1.165, 1.54) is 27.6 Å². The molecule has 1 unspecified atom stereocenters. The second-order valence-corrected chi connectivity index (χ2v) is 11.3. The Kier molecular flexibility index (Phi) is 4.76. The third-order valence-corrected chi connectivity index (χ3v) is 9.14. The van der Waals surface area contributed by atoms with Gasteiger partial charge in [0.1, 0.15) is 0 Å². The number of allylic oxidation sites excluding steroid dienone is 1. The molecule has 8 rings (SSSR count). The fourth-order valence-electron chi connectivity index (χ4n) is 5.69. The minimum Gasteiger partial charge on any atom is -0.473 e. The summed E-state index contributed by atoms with van der Waals surface area (Å²) in [7, 11) is -1.40. The van der Waals surface area contributed by atoms with Gasteiger partial charge >= 0.3 is 0 Å². The van der Waals surface area contributed by atoms with Gasteiger partial charge in [0.15, 0.2) is 5.76 Å². The first-order valence-corrected chi connectivity index (χ1v) is 14.1. The van der Waals surface area contributed by atoms with Crippen LogP contribution in [0.5, 0.6) is 0 Å². The summed E-state index contributed by atoms with van der Waals surface area (Å²) in [6, 6.07) is 32.2. The van der Waals surface area contributed by atoms with Gasteiger partial charge in [-0.1, -0.05) is 60.7 Å². The van der Waals surface area contributed by atoms with Gasteiger partial charge in [0.25, 0.3) is 0 Å². The van der Waals surface area contributed by atoms with Crippen molar-refractivity contribution in [1.82, 2.24) is 9.97 Å². The number of rotatable bonds is 2. The molecule has 0 bridgehead atoms. The van der Waals surface area contributed by atoms with E-state index < -0.39 is 7.77 Å². The van der Waals surface area contributed by atoms with Crippen molar-refractivity contribution in [1.29, 1.82) is 0 Å². The molecule has 0 amide bonds. The van der Waals surface area contributed by atoms with Crippen LogP contribution < -0.4 is 20.6 Å². The average molecular weight is 508 g/mol. The number of aromatic nitrogens is 2. The highest BCUT2D eigenvalue weighted by atomic mass is 31.1. The number of nitrogens with zero attached hydrogens (tertiary/aromatic N) is 3. The Balaban J connectivity index is 1.43. The van der Waals surface area contributed by atoms with Gasteiger partial charge < -0.3 is 9.42 Å². The molecule has 3 aliphatic heterocycles. The smallest absolute Gasteiger partial charge is 0.155 e. The van der Waals surface area contributed by atoms with E-state index in [0.717, 1.165) is 38.8 Å². The van der Waals surface area contributed by atoms with E-state index in [4.69, 9.17) is 4.52 Å². The standard InChI is InChI=1S/C33H22N3OP/c1-2-10-26-25(9-1)29-19-22(23-7-5-16-34-20-23)13-14-30(29)36-31-15-18-38(24-8-6-17-35-21-24)37-33(31)28-12-4-3-11-27(28)32(26)36/h1-21,38H. The third kappa shape index (κ3) is 3.17. The third-order valence-electron chi connectivity index (χ3n) is 7.38. The molecular weight excluding hydrogens is 485 g/mol. The zero-order valence-corrected chi connectivity index (χ0v) is 21.4. The minimum absolute atomic E-state index is 0.936. The van der Waals surface area contributed by atoms with E-state index in [0.29, 0.717) is 0 Å². The van der Waals surface area contributed by atoms with Crippen molar-refractivity contribution in [2.75, 3.05) is 4.90 Å². The van der Waals surface area contributed by atoms with Gasteiger partial charge in [0.2, 0.25) is 0 Å². The summed E-state index contributed by atoms with van der Waals surface area (Å²) in [4.78, 5) is 11.1. The van der Waals surface area contributed by atoms with Gasteiger partial charge in [-0.25, -0.2) is 0 Å². The topological polar surface area (TPSA) is 38.2 Å². The Morgan fingerprint density at radius 2 is 1.45 bits per heavy atom. The van der Waals surface area contributed by atoms with Crippen molar-refractivity contribution in [2.45, 2.75) is 0 Å². The van der Waals surface area contributed by atoms with Crippen molar-refractivity contribution < 1.29 is 4.52 Å². The highest BCUT2D eigenvalue weighted by molar-refractivity contribution is 7.61. The first kappa shape index (κ1) is 21.4. The molecule has 38 heavy (non-hydrogen) atoms. The molecule has 2 aromatic heterocycles. The van der Waals surface area contributed by atoms with Gasteiger partial charge in [0, 0.05) is 57.2 Å². The molecule has 3 aromatic carbocycles. The second-order valence-electron chi connectivity index (χ2n) is 9.50. The van der Waals surface area contributed by atoms with Crippen LogP contribution in [0.3, 0.4) is 0 Å². The van der Waals surface area contributed by atoms with Crippen LogP contribution in [0.25, 0.3) is 33.7 Å². The van der Waals surface area contributed by atoms with E-state index in [-0.39, 0.29) is 0 Å². The molecule has 4 nitrogen and oxygen atoms in total. The molecule has 3 aliphatic rings. The van der Waals surface area contributed by atoms with Crippen LogP contribution in [-0.2, 0) is 4.52 Å². The number of hydrogen-bond acceptors (Lipinski definition) is 4. The van der Waals surface area contributed by atoms with Crippen LogP contribution in [-0.4, -0.2) is 15.8 Å². The zero-order valence-electron chi connectivity index (χ0n) is 20.4. The van der Waals surface area contributed by atoms with Crippen LogP contribution in [0.15, 0.2) is 128 Å². The van der Waals surface area contributed by atoms with Crippen molar-refractivity contribution >= 4 is 36.0 Å². The molecule has 180 valence electrons. The normalized spacial score (nSPS) is 16.6. The van der Waals surface area contributed by atoms with E-state index in [1.807, 2.05) is 36.9 Å². The molecule has 0 saturated carbocycles. The Morgan fingerprint density at radius 3 is 2.26 bits per heavy atom. The van der Waals surface area contributed by atoms with Crippen molar-refractivity contribution in [3.63, 3.8) is 0 Å². The fraction of sp³-hybridized carbons (Fsp3) is 0. The van der Waals surface area contributed by atoms with Crippen LogP contribution in [0.2, 0.25) is 0 Å². The summed E-state index contributed by atoms with van der Waals surface area (Å²) < 4.78 is 6.84. The first-order chi connectivity index (χ1) is 18.9. The van der Waals surface area contributed by atoms with Crippen LogP contribution in [0.1, 0.15) is 5.56 Å². The maximum atomic E-state index is 6.84. The summed E-state index contributed by atoms with van der Waals surface area (Å²) in [5.41, 5.74) is 9.34. The highest BCUT2D eigenvalue weighted by Gasteiger charge is 2.35. The number of fused-ring (bicyclic) bond motifs is 9. The first-order valence-electron chi connectivity index (χ1n) is 12.7. The highest BCUT2D eigenvalue weighted by Crippen LogP contribution is 2.49. The summed E-state index contributed by atoms with van der Waals surface area (Å²) in [5.74, 6) is 3.17. The molecule has 0 aliphatic carbocycles. The lowest BCUT2D eigenvalue weighted by Crippen LogP contribution is -2.44. The molecule has 1 atom stereocenters. The lowest BCUT2D eigenvalue weighted by Gasteiger charge is -2.40. The fourth-order valence-corrected chi connectivity index (χ4v) is 7.27. The Labute approximate surface area is 221 Å². The monoisotopic (exact) mass is 507 g/mol. The number of anilines is 1. The second kappa shape index (κ2) is 8.44. The van der Waals surface area contributed by atoms with E-state index in [9.17, 15) is 0 Å². The van der Waals surface area contributed by atoms with Crippen LogP contribution in [0.4, 0.5) is 5.69 Å². The molecule has 5 aromatic rings. The molecule has 0 N–H and O–H groups in total. The quantitative estimate of drug-likeness (QED) is 0.313. The molecule has 0 fully saturated rings. The number of pyridine rings is 2. The Morgan fingerprint density at radius 1 is 0.658 bits per heavy atom. The summed E-state index contributed by atoms with van der Waals surface area (Å²) in [6.07, 6.45) is 9.72. The van der Waals surface area contributed by atoms with Crippen molar-refractivity contribution in [3.8, 4) is 22.3 Å². The predicted octanol–water partition coefficient (Wildman–Crippen LogP) is 5.08. The van der Waals surface area contributed by atoms with Gasteiger partial charge in [-0.2, -0.15) is 0 Å². The molecule has 0 saturated heterocycles. The average Bonchev–Trinajstić information content (AvgIpc) is 3.01. The van der Waals surface area contributed by atoms with E-state index in [1.54, 1.807) is 0 Å². The summed E-state index contributed by atoms with van der Waals surface area (Å²) in [5, 5.41) is 3.45. The maximum absolute atomic E-state index is 6.84. The van der Waals surface area contributed by atoms with Gasteiger partial charge in [-0.3, -0.25) is 9.97 Å². The van der Waals surface area contributed by atoms with Crippen molar-refractivity contribution in [3.05, 3.63) is 144 Å². The van der Waals surface area contributed by atoms with Gasteiger partial charge in [0.05, 0.1) is 24.9 Å². The number of hydrogen-bond donors (Lipinski definition) is 0. The Hall–Kier alpha value is -4.66. The molecule has 0 spiro atoms. The summed E-state index contributed by atoms with van der Waals surface area (Å²) in [6.45, 7) is 0. The van der Waals surface area contributed by atoms with E-state index >= 15 is 0 Å². The zero-order chi connectivity index (χ0) is 25.1.